The van der Waals surface area contributed by atoms with E-state index in [1.165, 1.54) is 0 Å². The predicted molar refractivity (Wildman–Crippen MR) is 250 cm³/mol. The number of unbranched alkanes of at least 4 members (excludes halogenated alkanes) is 2. The first-order chi connectivity index (χ1) is 30.6. The van der Waals surface area contributed by atoms with E-state index in [4.69, 9.17) is 18.9 Å². The summed E-state index contributed by atoms with van der Waals surface area (Å²) in [5.41, 5.74) is 0. The van der Waals surface area contributed by atoms with Crippen LogP contribution in [0.5, 0.6) is 46.0 Å². The summed E-state index contributed by atoms with van der Waals surface area (Å²) in [5, 5.41) is 12.4. The number of aryl methyl sites for hydroxylation is 2. The standard InChI is InChI=1S/C56H46N2O4/c1-3-5-27-57-33-37-29-45(59-41-19-11-7-12-20-41)51-53-47(61-43-23-15-9-16-24-43)31-39-35-58(28-6-4-2)36-40-32-48(62-44-25-17-10-18-26-44)54(56(53)50(39)40)52-46(60-42-21-13-8-14-22-42)30-38(34-57)49(37)55(51)52/h7-26,29-36H,3-6,27-28H2,1-2H3/q+2. The Labute approximate surface area is 360 Å². The number of rotatable bonds is 14. The van der Waals surface area contributed by atoms with E-state index < -0.39 is 0 Å². The zero-order valence-electron chi connectivity index (χ0n) is 34.9. The van der Waals surface area contributed by atoms with Crippen LogP contribution in [0.3, 0.4) is 0 Å². The van der Waals surface area contributed by atoms with Gasteiger partial charge in [0.15, 0.2) is 24.8 Å². The van der Waals surface area contributed by atoms with E-state index in [-0.39, 0.29) is 0 Å². The fraction of sp³-hybridized carbons (Fsp3) is 0.143. The van der Waals surface area contributed by atoms with Crippen molar-refractivity contribution in [2.24, 2.45) is 0 Å². The van der Waals surface area contributed by atoms with Gasteiger partial charge in [-0.15, -0.1) is 0 Å². The summed E-state index contributed by atoms with van der Waals surface area (Å²) in [4.78, 5) is 0. The smallest absolute Gasteiger partial charge is 0.176 e. The van der Waals surface area contributed by atoms with Crippen LogP contribution in [0.4, 0.5) is 0 Å². The molecule has 9 aromatic carbocycles. The summed E-state index contributed by atoms with van der Waals surface area (Å²) in [6.07, 6.45) is 13.4. The van der Waals surface area contributed by atoms with Gasteiger partial charge in [-0.25, -0.2) is 9.13 Å². The molecule has 0 aliphatic rings. The maximum absolute atomic E-state index is 7.12. The molecule has 6 heteroatoms. The van der Waals surface area contributed by atoms with Crippen molar-refractivity contribution in [2.45, 2.75) is 52.6 Å². The molecule has 2 aromatic heterocycles. The monoisotopic (exact) mass is 810 g/mol. The number of nitrogens with zero attached hydrogens (tertiary/aromatic N) is 2. The Morgan fingerprint density at radius 2 is 0.581 bits per heavy atom. The van der Waals surface area contributed by atoms with Gasteiger partial charge >= 0.3 is 0 Å². The van der Waals surface area contributed by atoms with Crippen LogP contribution in [-0.4, -0.2) is 0 Å². The number of benzene rings is 9. The van der Waals surface area contributed by atoms with Crippen LogP contribution in [0.25, 0.3) is 64.6 Å². The first kappa shape index (κ1) is 37.6. The normalized spacial score (nSPS) is 11.8. The highest BCUT2D eigenvalue weighted by molar-refractivity contribution is 6.43. The molecule has 302 valence electrons. The van der Waals surface area contributed by atoms with Gasteiger partial charge in [0.25, 0.3) is 0 Å². The van der Waals surface area contributed by atoms with Crippen molar-refractivity contribution >= 4 is 64.6 Å². The lowest BCUT2D eigenvalue weighted by atomic mass is 9.84. The third-order valence-electron chi connectivity index (χ3n) is 11.9. The predicted octanol–water partition coefficient (Wildman–Crippen LogP) is 14.8. The average molecular weight is 811 g/mol. The van der Waals surface area contributed by atoms with Crippen molar-refractivity contribution in [1.82, 2.24) is 0 Å². The van der Waals surface area contributed by atoms with Gasteiger partial charge in [0.05, 0.1) is 21.5 Å². The first-order valence-electron chi connectivity index (χ1n) is 21.8. The van der Waals surface area contributed by atoms with Crippen molar-refractivity contribution in [3.05, 3.63) is 170 Å². The van der Waals surface area contributed by atoms with Gasteiger partial charge in [0.1, 0.15) is 59.1 Å². The molecule has 0 atom stereocenters. The third-order valence-corrected chi connectivity index (χ3v) is 11.9. The van der Waals surface area contributed by atoms with Gasteiger partial charge in [-0.3, -0.25) is 0 Å². The van der Waals surface area contributed by atoms with Crippen LogP contribution in [0.1, 0.15) is 39.5 Å². The van der Waals surface area contributed by atoms with Crippen LogP contribution in [0.2, 0.25) is 0 Å². The minimum atomic E-state index is 0.736. The van der Waals surface area contributed by atoms with Crippen molar-refractivity contribution in [2.75, 3.05) is 0 Å². The summed E-state index contributed by atoms with van der Waals surface area (Å²) in [6, 6.07) is 49.2. The lowest BCUT2D eigenvalue weighted by Crippen LogP contribution is -2.32. The van der Waals surface area contributed by atoms with E-state index in [2.05, 4.69) is 72.0 Å². The van der Waals surface area contributed by atoms with Crippen LogP contribution in [0, 0.1) is 0 Å². The third kappa shape index (κ3) is 6.69. The highest BCUT2D eigenvalue weighted by atomic mass is 16.5. The van der Waals surface area contributed by atoms with E-state index in [0.717, 1.165) is 149 Å². The average Bonchev–Trinajstić information content (AvgIpc) is 3.30. The number of para-hydroxylation sites is 4. The molecule has 2 heterocycles. The van der Waals surface area contributed by atoms with E-state index in [1.807, 2.05) is 121 Å². The Kier molecular flexibility index (Phi) is 9.61. The Balaban J connectivity index is 1.39. The number of aromatic nitrogens is 2. The minimum Gasteiger partial charge on any atom is -0.457 e. The summed E-state index contributed by atoms with van der Waals surface area (Å²) in [7, 11) is 0. The van der Waals surface area contributed by atoms with Gasteiger partial charge in [0, 0.05) is 55.9 Å². The zero-order chi connectivity index (χ0) is 41.6. The molecule has 0 aliphatic carbocycles. The lowest BCUT2D eigenvalue weighted by Gasteiger charge is -2.24. The van der Waals surface area contributed by atoms with Crippen molar-refractivity contribution in [1.29, 1.82) is 0 Å². The highest BCUT2D eigenvalue weighted by Crippen LogP contribution is 2.57. The first-order valence-corrected chi connectivity index (χ1v) is 21.8. The lowest BCUT2D eigenvalue weighted by molar-refractivity contribution is -0.695. The zero-order valence-corrected chi connectivity index (χ0v) is 34.9. The van der Waals surface area contributed by atoms with Crippen molar-refractivity contribution in [3.8, 4) is 46.0 Å². The quantitative estimate of drug-likeness (QED) is 0.0623. The van der Waals surface area contributed by atoms with Crippen molar-refractivity contribution in [3.63, 3.8) is 0 Å². The van der Waals surface area contributed by atoms with Crippen LogP contribution in [-0.2, 0) is 13.1 Å². The fourth-order valence-electron chi connectivity index (χ4n) is 9.21. The molecule has 0 spiro atoms. The second-order valence-electron chi connectivity index (χ2n) is 16.2. The Morgan fingerprint density at radius 1 is 0.323 bits per heavy atom. The topological polar surface area (TPSA) is 44.7 Å². The SMILES string of the molecule is CCCC[n+]1cc2cc(Oc3ccccc3)c3c4c(Oc5ccccc5)cc5c[n+](CCCC)cc6cc(Oc7ccccc7)c(c7c(Oc8ccccc8)cc(c1)c2c37)c4c56. The molecule has 6 nitrogen and oxygen atoms in total. The summed E-state index contributed by atoms with van der Waals surface area (Å²) >= 11 is 0. The maximum Gasteiger partial charge on any atom is 0.176 e. The molecular formula is C56H46N2O4+2. The number of hydrogen-bond acceptors (Lipinski definition) is 4. The van der Waals surface area contributed by atoms with Crippen LogP contribution in [0.15, 0.2) is 170 Å². The molecule has 62 heavy (non-hydrogen) atoms. The van der Waals surface area contributed by atoms with Gasteiger partial charge < -0.3 is 18.9 Å². The summed E-state index contributed by atoms with van der Waals surface area (Å²) in [6.45, 7) is 6.25. The fourth-order valence-corrected chi connectivity index (χ4v) is 9.21. The molecule has 0 aliphatic heterocycles. The molecule has 0 saturated heterocycles. The number of ether oxygens (including phenoxy) is 4. The largest absolute Gasteiger partial charge is 0.457 e. The molecule has 0 N–H and O–H groups in total. The van der Waals surface area contributed by atoms with E-state index in [0.29, 0.717) is 0 Å². The molecule has 11 aromatic rings. The molecule has 0 saturated carbocycles. The molecule has 0 amide bonds. The van der Waals surface area contributed by atoms with E-state index in [1.54, 1.807) is 0 Å². The molecule has 0 fully saturated rings. The molecule has 0 bridgehead atoms. The second-order valence-corrected chi connectivity index (χ2v) is 16.2. The molecule has 0 radical (unpaired) electrons. The van der Waals surface area contributed by atoms with Gasteiger partial charge in [0.2, 0.25) is 0 Å². The van der Waals surface area contributed by atoms with Gasteiger partial charge in [-0.1, -0.05) is 99.5 Å². The summed E-state index contributed by atoms with van der Waals surface area (Å²) in [5.74, 6) is 5.94. The van der Waals surface area contributed by atoms with Gasteiger partial charge in [-0.2, -0.15) is 0 Å². The maximum atomic E-state index is 7.12. The van der Waals surface area contributed by atoms with Crippen LogP contribution < -0.4 is 28.1 Å². The van der Waals surface area contributed by atoms with E-state index in [9.17, 15) is 0 Å². The minimum absolute atomic E-state index is 0.736. The Hall–Kier alpha value is -7.44. The molecular weight excluding hydrogens is 765 g/mol. The highest BCUT2D eigenvalue weighted by Gasteiger charge is 2.31. The number of hydrogen-bond donors (Lipinski definition) is 0. The van der Waals surface area contributed by atoms with Crippen LogP contribution >= 0.6 is 0 Å². The molecule has 0 unspecified atom stereocenters. The Morgan fingerprint density at radius 3 is 0.823 bits per heavy atom. The molecule has 11 rings (SSSR count). The number of fused-ring (bicyclic) bond motifs is 2. The number of pyridine rings is 2. The second kappa shape index (κ2) is 15.9. The van der Waals surface area contributed by atoms with E-state index >= 15 is 0 Å². The Bertz CT molecular complexity index is 2920. The van der Waals surface area contributed by atoms with Crippen molar-refractivity contribution < 1.29 is 28.1 Å². The summed E-state index contributed by atoms with van der Waals surface area (Å²) < 4.78 is 33.1. The van der Waals surface area contributed by atoms with Gasteiger partial charge in [-0.05, 0) is 72.8 Å².